The van der Waals surface area contributed by atoms with Crippen LogP contribution in [0.25, 0.3) is 17.3 Å². The Morgan fingerprint density at radius 2 is 2.04 bits per heavy atom. The minimum absolute atomic E-state index is 0.335. The highest BCUT2D eigenvalue weighted by molar-refractivity contribution is 9.10. The number of hydrogen-bond donors (Lipinski definition) is 1. The van der Waals surface area contributed by atoms with Crippen molar-refractivity contribution in [1.29, 1.82) is 0 Å². The lowest BCUT2D eigenvalue weighted by Gasteiger charge is -2.02. The second-order valence-electron chi connectivity index (χ2n) is 5.18. The number of thiazole rings is 1. The molecule has 0 radical (unpaired) electrons. The van der Waals surface area contributed by atoms with Crippen molar-refractivity contribution in [3.05, 3.63) is 64.1 Å². The molecule has 0 aliphatic rings. The maximum absolute atomic E-state index is 13.0. The number of benzene rings is 1. The summed E-state index contributed by atoms with van der Waals surface area (Å²) in [7, 11) is 0. The third-order valence-electron chi connectivity index (χ3n) is 3.21. The van der Waals surface area contributed by atoms with Crippen molar-refractivity contribution in [2.75, 3.05) is 11.9 Å². The SMILES string of the molecule is O=C(COC(=O)C=Cc1ccc(Br)o1)Nc1nc(-c2ccc(F)cc2)cs1. The van der Waals surface area contributed by atoms with E-state index in [1.165, 1.54) is 29.5 Å². The van der Waals surface area contributed by atoms with Crippen molar-refractivity contribution in [2.24, 2.45) is 0 Å². The van der Waals surface area contributed by atoms with E-state index in [1.54, 1.807) is 29.6 Å². The quantitative estimate of drug-likeness (QED) is 0.441. The lowest BCUT2D eigenvalue weighted by Crippen LogP contribution is -2.20. The van der Waals surface area contributed by atoms with Crippen LogP contribution in [0, 0.1) is 5.82 Å². The molecule has 0 aliphatic heterocycles. The average Bonchev–Trinajstić information content (AvgIpc) is 3.28. The van der Waals surface area contributed by atoms with Gasteiger partial charge in [0, 0.05) is 17.0 Å². The Kier molecular flexibility index (Phi) is 6.15. The van der Waals surface area contributed by atoms with Crippen molar-refractivity contribution in [1.82, 2.24) is 4.98 Å². The number of aromatic nitrogens is 1. The molecular weight excluding hydrogens is 439 g/mol. The van der Waals surface area contributed by atoms with Gasteiger partial charge in [-0.3, -0.25) is 10.1 Å². The summed E-state index contributed by atoms with van der Waals surface area (Å²) in [6.07, 6.45) is 2.59. The Balaban J connectivity index is 1.48. The molecule has 0 atom stereocenters. The van der Waals surface area contributed by atoms with Gasteiger partial charge < -0.3 is 9.15 Å². The van der Waals surface area contributed by atoms with Gasteiger partial charge in [0.2, 0.25) is 0 Å². The van der Waals surface area contributed by atoms with Gasteiger partial charge in [0.15, 0.2) is 16.4 Å². The van der Waals surface area contributed by atoms with Gasteiger partial charge in [0.05, 0.1) is 5.69 Å². The van der Waals surface area contributed by atoms with Crippen LogP contribution in [0.5, 0.6) is 0 Å². The Bertz CT molecular complexity index is 981. The van der Waals surface area contributed by atoms with E-state index in [0.29, 0.717) is 21.3 Å². The van der Waals surface area contributed by atoms with Gasteiger partial charge in [0.1, 0.15) is 11.6 Å². The fraction of sp³-hybridized carbons (Fsp3) is 0.0556. The summed E-state index contributed by atoms with van der Waals surface area (Å²) in [6, 6.07) is 9.22. The average molecular weight is 451 g/mol. The van der Waals surface area contributed by atoms with E-state index in [0.717, 1.165) is 11.6 Å². The second-order valence-corrected chi connectivity index (χ2v) is 6.82. The number of halogens is 2. The van der Waals surface area contributed by atoms with Crippen LogP contribution in [0.1, 0.15) is 5.76 Å². The van der Waals surface area contributed by atoms with Crippen LogP contribution >= 0.6 is 27.3 Å². The molecule has 6 nitrogen and oxygen atoms in total. The van der Waals surface area contributed by atoms with Crippen LogP contribution in [-0.4, -0.2) is 23.5 Å². The molecular formula is C18H12BrFN2O4S. The number of esters is 1. The third kappa shape index (κ3) is 5.60. The number of carbonyl (C=O) groups excluding carboxylic acids is 2. The lowest BCUT2D eigenvalue weighted by molar-refractivity contribution is -0.142. The number of carbonyl (C=O) groups is 2. The van der Waals surface area contributed by atoms with Crippen LogP contribution < -0.4 is 5.32 Å². The number of anilines is 1. The number of nitrogens with zero attached hydrogens (tertiary/aromatic N) is 1. The van der Waals surface area contributed by atoms with Crippen LogP contribution in [0.15, 0.2) is 56.9 Å². The predicted octanol–water partition coefficient (Wildman–Crippen LogP) is 4.50. The normalized spacial score (nSPS) is 10.9. The number of hydrogen-bond acceptors (Lipinski definition) is 6. The molecule has 2 aromatic heterocycles. The largest absolute Gasteiger partial charge is 0.452 e. The molecule has 0 aliphatic carbocycles. The highest BCUT2D eigenvalue weighted by atomic mass is 79.9. The molecule has 0 saturated heterocycles. The van der Waals surface area contributed by atoms with Crippen molar-refractivity contribution in [3.63, 3.8) is 0 Å². The maximum Gasteiger partial charge on any atom is 0.331 e. The number of rotatable bonds is 6. The molecule has 138 valence electrons. The van der Waals surface area contributed by atoms with Gasteiger partial charge >= 0.3 is 5.97 Å². The molecule has 3 aromatic rings. The van der Waals surface area contributed by atoms with Crippen molar-refractivity contribution < 1.29 is 23.1 Å². The molecule has 0 bridgehead atoms. The summed E-state index contributed by atoms with van der Waals surface area (Å²) < 4.78 is 23.5. The third-order valence-corrected chi connectivity index (χ3v) is 4.40. The first-order valence-corrected chi connectivity index (χ1v) is 9.28. The minimum atomic E-state index is -0.677. The van der Waals surface area contributed by atoms with E-state index < -0.39 is 18.5 Å². The zero-order chi connectivity index (χ0) is 19.2. The first-order valence-electron chi connectivity index (χ1n) is 7.61. The van der Waals surface area contributed by atoms with Gasteiger partial charge in [-0.25, -0.2) is 14.2 Å². The fourth-order valence-electron chi connectivity index (χ4n) is 1.99. The summed E-state index contributed by atoms with van der Waals surface area (Å²) >= 11 is 4.36. The topological polar surface area (TPSA) is 81.4 Å². The van der Waals surface area contributed by atoms with E-state index in [2.05, 4.69) is 26.2 Å². The van der Waals surface area contributed by atoms with Gasteiger partial charge in [-0.2, -0.15) is 0 Å². The van der Waals surface area contributed by atoms with Gasteiger partial charge in [-0.1, -0.05) is 0 Å². The molecule has 0 fully saturated rings. The van der Waals surface area contributed by atoms with Gasteiger partial charge in [0.25, 0.3) is 5.91 Å². The van der Waals surface area contributed by atoms with E-state index in [9.17, 15) is 14.0 Å². The lowest BCUT2D eigenvalue weighted by atomic mass is 10.2. The summed E-state index contributed by atoms with van der Waals surface area (Å²) in [4.78, 5) is 27.7. The Labute approximate surface area is 165 Å². The van der Waals surface area contributed by atoms with Gasteiger partial charge in [-0.15, -0.1) is 11.3 Å². The van der Waals surface area contributed by atoms with Crippen LogP contribution in [-0.2, 0) is 14.3 Å². The van der Waals surface area contributed by atoms with Crippen LogP contribution in [0.3, 0.4) is 0 Å². The number of ether oxygens (including phenoxy) is 1. The molecule has 3 rings (SSSR count). The van der Waals surface area contributed by atoms with E-state index >= 15 is 0 Å². The number of nitrogens with one attached hydrogen (secondary N) is 1. The molecule has 0 saturated carbocycles. The molecule has 0 spiro atoms. The summed E-state index contributed by atoms with van der Waals surface area (Å²) in [5.74, 6) is -1.06. The van der Waals surface area contributed by atoms with Crippen molar-refractivity contribution >= 4 is 50.4 Å². The highest BCUT2D eigenvalue weighted by Crippen LogP contribution is 2.25. The minimum Gasteiger partial charge on any atom is -0.452 e. The maximum atomic E-state index is 13.0. The summed E-state index contributed by atoms with van der Waals surface area (Å²) in [5.41, 5.74) is 1.34. The van der Waals surface area contributed by atoms with Crippen LogP contribution in [0.4, 0.5) is 9.52 Å². The van der Waals surface area contributed by atoms with E-state index in [1.807, 2.05) is 0 Å². The monoisotopic (exact) mass is 450 g/mol. The summed E-state index contributed by atoms with van der Waals surface area (Å²) in [6.45, 7) is -0.448. The standard InChI is InChI=1S/C18H12BrFN2O4S/c19-15-7-5-13(26-15)6-8-17(24)25-9-16(23)22-18-21-14(10-27-18)11-1-3-12(20)4-2-11/h1-8,10H,9H2,(H,21,22,23). The smallest absolute Gasteiger partial charge is 0.331 e. The molecule has 9 heteroatoms. The molecule has 1 amide bonds. The summed E-state index contributed by atoms with van der Waals surface area (Å²) in [5, 5.41) is 4.63. The van der Waals surface area contributed by atoms with Gasteiger partial charge in [-0.05, 0) is 58.4 Å². The number of amides is 1. The predicted molar refractivity (Wildman–Crippen MR) is 103 cm³/mol. The molecule has 2 heterocycles. The second kappa shape index (κ2) is 8.74. The molecule has 1 N–H and O–H groups in total. The molecule has 0 unspecified atom stereocenters. The highest BCUT2D eigenvalue weighted by Gasteiger charge is 2.10. The first-order chi connectivity index (χ1) is 13.0. The molecule has 1 aromatic carbocycles. The van der Waals surface area contributed by atoms with Crippen molar-refractivity contribution in [3.8, 4) is 11.3 Å². The number of furan rings is 1. The Morgan fingerprint density at radius 1 is 1.26 bits per heavy atom. The van der Waals surface area contributed by atoms with Crippen molar-refractivity contribution in [2.45, 2.75) is 0 Å². The van der Waals surface area contributed by atoms with E-state index in [-0.39, 0.29) is 5.82 Å². The molecule has 27 heavy (non-hydrogen) atoms. The van der Waals surface area contributed by atoms with Crippen LogP contribution in [0.2, 0.25) is 0 Å². The Hall–Kier alpha value is -2.78. The first kappa shape index (κ1) is 19.0. The Morgan fingerprint density at radius 3 is 2.74 bits per heavy atom. The zero-order valence-corrected chi connectivity index (χ0v) is 16.1. The van der Waals surface area contributed by atoms with E-state index in [4.69, 9.17) is 9.15 Å². The fourth-order valence-corrected chi connectivity index (χ4v) is 3.05. The zero-order valence-electron chi connectivity index (χ0n) is 13.6.